The van der Waals surface area contributed by atoms with Gasteiger partial charge in [0.1, 0.15) is 11.5 Å². The Morgan fingerprint density at radius 3 is 2.50 bits per heavy atom. The molecule has 0 aliphatic rings. The molecule has 0 saturated heterocycles. The summed E-state index contributed by atoms with van der Waals surface area (Å²) in [7, 11) is 1.94. The predicted octanol–water partition coefficient (Wildman–Crippen LogP) is 6.17. The van der Waals surface area contributed by atoms with E-state index >= 15 is 0 Å². The zero-order valence-corrected chi connectivity index (χ0v) is 20.3. The highest BCUT2D eigenvalue weighted by Gasteiger charge is 2.24. The smallest absolute Gasteiger partial charge is 0.311 e. The van der Waals surface area contributed by atoms with Crippen molar-refractivity contribution in [3.05, 3.63) is 108 Å². The summed E-state index contributed by atoms with van der Waals surface area (Å²) in [5, 5.41) is 11.0. The average Bonchev–Trinajstić information content (AvgIpc) is 3.43. The number of carboxylic acids is 1. The summed E-state index contributed by atoms with van der Waals surface area (Å²) in [5.41, 5.74) is 4.64. The molecule has 0 amide bonds. The van der Waals surface area contributed by atoms with E-state index in [1.54, 1.807) is 0 Å². The van der Waals surface area contributed by atoms with Gasteiger partial charge in [0, 0.05) is 36.1 Å². The van der Waals surface area contributed by atoms with E-state index in [1.165, 1.54) is 0 Å². The van der Waals surface area contributed by atoms with Gasteiger partial charge in [-0.25, -0.2) is 4.98 Å². The van der Waals surface area contributed by atoms with Gasteiger partial charge in [0.25, 0.3) is 0 Å². The van der Waals surface area contributed by atoms with E-state index in [-0.39, 0.29) is 0 Å². The molecule has 5 aromatic rings. The number of aliphatic carboxylic acids is 1. The second-order valence-electron chi connectivity index (χ2n) is 8.94. The molecule has 1 atom stereocenters. The average molecular weight is 481 g/mol. The van der Waals surface area contributed by atoms with Crippen molar-refractivity contribution in [1.29, 1.82) is 0 Å². The van der Waals surface area contributed by atoms with E-state index < -0.39 is 11.9 Å². The molecule has 6 nitrogen and oxygen atoms in total. The molecule has 1 unspecified atom stereocenters. The molecule has 1 N–H and O–H groups in total. The zero-order chi connectivity index (χ0) is 25.1. The highest BCUT2D eigenvalue weighted by atomic mass is 16.5. The normalized spacial score (nSPS) is 12.1. The molecular weight excluding hydrogens is 452 g/mol. The van der Waals surface area contributed by atoms with Crippen LogP contribution in [0.25, 0.3) is 22.4 Å². The van der Waals surface area contributed by atoms with Gasteiger partial charge in [0.2, 0.25) is 5.89 Å². The van der Waals surface area contributed by atoms with Crippen molar-refractivity contribution in [1.82, 2.24) is 9.55 Å². The number of fused-ring (bicyclic) bond motifs is 1. The molecule has 0 bridgehead atoms. The maximum Gasteiger partial charge on any atom is 0.311 e. The molecule has 36 heavy (non-hydrogen) atoms. The number of carboxylic acid groups (broad SMARTS) is 1. The van der Waals surface area contributed by atoms with Crippen LogP contribution in [0.1, 0.15) is 28.5 Å². The summed E-state index contributed by atoms with van der Waals surface area (Å²) >= 11 is 0. The van der Waals surface area contributed by atoms with Crippen LogP contribution in [0.15, 0.2) is 89.5 Å². The summed E-state index contributed by atoms with van der Waals surface area (Å²) in [6.07, 6.45) is 2.96. The number of para-hydroxylation sites is 1. The molecule has 3 aromatic carbocycles. The summed E-state index contributed by atoms with van der Waals surface area (Å²) in [6.45, 7) is 2.38. The lowest BCUT2D eigenvalue weighted by Crippen LogP contribution is -2.14. The van der Waals surface area contributed by atoms with Crippen molar-refractivity contribution in [3.63, 3.8) is 0 Å². The minimum Gasteiger partial charge on any atom is -0.493 e. The lowest BCUT2D eigenvalue weighted by molar-refractivity contribution is -0.138. The first kappa shape index (κ1) is 23.4. The zero-order valence-electron chi connectivity index (χ0n) is 20.3. The first-order valence-electron chi connectivity index (χ1n) is 12.0. The van der Waals surface area contributed by atoms with E-state index in [4.69, 9.17) is 9.15 Å². The van der Waals surface area contributed by atoms with Crippen molar-refractivity contribution in [3.8, 4) is 17.2 Å². The van der Waals surface area contributed by atoms with E-state index in [9.17, 15) is 9.90 Å². The first-order valence-corrected chi connectivity index (χ1v) is 12.0. The van der Waals surface area contributed by atoms with Crippen LogP contribution in [0, 0.1) is 6.92 Å². The van der Waals surface area contributed by atoms with E-state index in [2.05, 4.69) is 4.98 Å². The van der Waals surface area contributed by atoms with Crippen LogP contribution < -0.4 is 4.74 Å². The van der Waals surface area contributed by atoms with Gasteiger partial charge in [-0.3, -0.25) is 4.79 Å². The minimum absolute atomic E-state index is 0.407. The Kier molecular flexibility index (Phi) is 6.58. The Balaban J connectivity index is 1.22. The third-order valence-corrected chi connectivity index (χ3v) is 6.49. The van der Waals surface area contributed by atoms with Gasteiger partial charge < -0.3 is 18.8 Å². The third kappa shape index (κ3) is 4.89. The van der Waals surface area contributed by atoms with Crippen LogP contribution in [0.2, 0.25) is 0 Å². The second-order valence-corrected chi connectivity index (χ2v) is 8.94. The Hall–Kier alpha value is -4.32. The Labute approximate surface area is 209 Å². The quantitative estimate of drug-likeness (QED) is 0.273. The number of nitrogens with zero attached hydrogens (tertiary/aromatic N) is 2. The number of hydrogen-bond acceptors (Lipinski definition) is 4. The van der Waals surface area contributed by atoms with Crippen molar-refractivity contribution >= 4 is 16.9 Å². The molecular formula is C30H28N2O4. The monoisotopic (exact) mass is 480 g/mol. The van der Waals surface area contributed by atoms with E-state index in [0.29, 0.717) is 25.3 Å². The van der Waals surface area contributed by atoms with Gasteiger partial charge in [0.05, 0.1) is 18.2 Å². The second kappa shape index (κ2) is 10.1. The van der Waals surface area contributed by atoms with Gasteiger partial charge in [0.15, 0.2) is 0 Å². The standard InChI is InChI=1S/C30H28N2O4/c1-20-27(31-29(36-20)22-8-4-3-5-9-22)16-17-35-23-14-12-21(13-15-23)18-25(30(33)34)26-19-32(2)28-11-7-6-10-24(26)28/h3-15,19,25H,16-18H2,1-2H3,(H,33,34). The molecule has 0 aliphatic carbocycles. The van der Waals surface area contributed by atoms with E-state index in [0.717, 1.165) is 44.8 Å². The molecule has 5 rings (SSSR count). The molecule has 0 spiro atoms. The summed E-state index contributed by atoms with van der Waals surface area (Å²) < 4.78 is 13.7. The topological polar surface area (TPSA) is 77.5 Å². The fourth-order valence-corrected chi connectivity index (χ4v) is 4.57. The van der Waals surface area contributed by atoms with E-state index in [1.807, 2.05) is 104 Å². The fourth-order valence-electron chi connectivity index (χ4n) is 4.57. The van der Waals surface area contributed by atoms with Crippen LogP contribution in [0.4, 0.5) is 0 Å². The summed E-state index contributed by atoms with van der Waals surface area (Å²) in [5.74, 6) is 0.689. The molecule has 2 heterocycles. The molecule has 2 aromatic heterocycles. The van der Waals surface area contributed by atoms with Crippen LogP contribution in [0.3, 0.4) is 0 Å². The number of oxazole rings is 1. The van der Waals surface area contributed by atoms with Crippen molar-refractivity contribution < 1.29 is 19.1 Å². The lowest BCUT2D eigenvalue weighted by atomic mass is 9.92. The van der Waals surface area contributed by atoms with Crippen LogP contribution >= 0.6 is 0 Å². The fraction of sp³-hybridized carbons (Fsp3) is 0.200. The van der Waals surface area contributed by atoms with Gasteiger partial charge >= 0.3 is 5.97 Å². The van der Waals surface area contributed by atoms with Crippen molar-refractivity contribution in [2.75, 3.05) is 6.61 Å². The van der Waals surface area contributed by atoms with Gasteiger partial charge in [-0.15, -0.1) is 0 Å². The molecule has 0 saturated carbocycles. The molecule has 0 fully saturated rings. The maximum atomic E-state index is 12.2. The van der Waals surface area contributed by atoms with Crippen LogP contribution in [-0.2, 0) is 24.7 Å². The summed E-state index contributed by atoms with van der Waals surface area (Å²) in [6, 6.07) is 25.4. The Morgan fingerprint density at radius 1 is 1.03 bits per heavy atom. The molecule has 6 heteroatoms. The predicted molar refractivity (Wildman–Crippen MR) is 139 cm³/mol. The van der Waals surface area contributed by atoms with Gasteiger partial charge in [-0.2, -0.15) is 0 Å². The van der Waals surface area contributed by atoms with Gasteiger partial charge in [-0.1, -0.05) is 48.5 Å². The number of ether oxygens (including phenoxy) is 1. The first-order chi connectivity index (χ1) is 17.5. The largest absolute Gasteiger partial charge is 0.493 e. The number of hydrogen-bond donors (Lipinski definition) is 1. The number of aromatic nitrogens is 2. The Bertz CT molecular complexity index is 1480. The number of rotatable bonds is 9. The maximum absolute atomic E-state index is 12.2. The number of aryl methyl sites for hydroxylation is 2. The SMILES string of the molecule is Cc1oc(-c2ccccc2)nc1CCOc1ccc(CC(C(=O)O)c2cn(C)c3ccccc23)cc1. The minimum atomic E-state index is -0.829. The third-order valence-electron chi connectivity index (χ3n) is 6.49. The highest BCUT2D eigenvalue weighted by Crippen LogP contribution is 2.30. The van der Waals surface area contributed by atoms with Crippen molar-refractivity contribution in [2.24, 2.45) is 7.05 Å². The number of carbonyl (C=O) groups is 1. The highest BCUT2D eigenvalue weighted by molar-refractivity contribution is 5.90. The molecule has 0 radical (unpaired) electrons. The number of benzene rings is 3. The van der Waals surface area contributed by atoms with Crippen LogP contribution in [-0.4, -0.2) is 27.2 Å². The molecule has 182 valence electrons. The Morgan fingerprint density at radius 2 is 1.75 bits per heavy atom. The lowest BCUT2D eigenvalue weighted by Gasteiger charge is -2.13. The van der Waals surface area contributed by atoms with Crippen LogP contribution in [0.5, 0.6) is 5.75 Å². The molecule has 0 aliphatic heterocycles. The van der Waals surface area contributed by atoms with Gasteiger partial charge in [-0.05, 0) is 54.8 Å². The van der Waals surface area contributed by atoms with Crippen molar-refractivity contribution in [2.45, 2.75) is 25.7 Å². The summed E-state index contributed by atoms with van der Waals surface area (Å²) in [4.78, 5) is 16.8.